The zero-order chi connectivity index (χ0) is 29.2. The minimum absolute atomic E-state index is 0.0129. The molecule has 0 bridgehead atoms. The third-order valence-electron chi connectivity index (χ3n) is 7.66. The number of rotatable bonds is 2. The van der Waals surface area contributed by atoms with Gasteiger partial charge in [0.2, 0.25) is 0 Å². The lowest BCUT2D eigenvalue weighted by atomic mass is 9.93. The average molecular weight is 578 g/mol. The van der Waals surface area contributed by atoms with Gasteiger partial charge < -0.3 is 19.1 Å². The number of likely N-dealkylation sites (N-methyl/N-ethyl adjacent to an activating group) is 1. The maximum absolute atomic E-state index is 16.2. The van der Waals surface area contributed by atoms with E-state index in [0.29, 0.717) is 29.6 Å². The Labute approximate surface area is 239 Å². The third-order valence-corrected chi connectivity index (χ3v) is 8.78. The minimum atomic E-state index is -0.785. The molecule has 2 aromatic carbocycles. The number of benzene rings is 2. The van der Waals surface area contributed by atoms with E-state index in [9.17, 15) is 14.9 Å². The quantitative estimate of drug-likeness (QED) is 0.307. The van der Waals surface area contributed by atoms with Crippen molar-refractivity contribution in [2.75, 3.05) is 32.0 Å². The van der Waals surface area contributed by atoms with Crippen LogP contribution in [0.2, 0.25) is 0 Å². The Morgan fingerprint density at radius 3 is 2.66 bits per heavy atom. The van der Waals surface area contributed by atoms with Gasteiger partial charge in [0, 0.05) is 54.8 Å². The van der Waals surface area contributed by atoms with Crippen molar-refractivity contribution in [3.05, 3.63) is 53.2 Å². The Morgan fingerprint density at radius 1 is 1.15 bits per heavy atom. The molecule has 4 aromatic rings. The fraction of sp³-hybridized carbons (Fsp3) is 0.367. The maximum Gasteiger partial charge on any atom is 0.412 e. The van der Waals surface area contributed by atoms with E-state index in [-0.39, 0.29) is 43.7 Å². The fourth-order valence-electron chi connectivity index (χ4n) is 5.93. The van der Waals surface area contributed by atoms with E-state index in [1.807, 2.05) is 22.7 Å². The van der Waals surface area contributed by atoms with E-state index in [4.69, 9.17) is 4.74 Å². The largest absolute Gasteiger partial charge is 0.444 e. The number of ether oxygens (including phenoxy) is 1. The SMILES string of the molecule is CN1CCN2C(=O)c3cc(F)c(-c4ccc(F)c5sc(NC(=O)OC(C)(C)C)c(C#N)c45)c4ccn(c34)CC[C@H]2C1. The zero-order valence-electron chi connectivity index (χ0n) is 23.2. The molecule has 0 unspecified atom stereocenters. The Kier molecular flexibility index (Phi) is 6.51. The first-order valence-electron chi connectivity index (χ1n) is 13.4. The normalized spacial score (nSPS) is 17.7. The summed E-state index contributed by atoms with van der Waals surface area (Å²) in [6, 6.07) is 7.82. The second-order valence-corrected chi connectivity index (χ2v) is 12.6. The summed E-state index contributed by atoms with van der Waals surface area (Å²) in [5, 5.41) is 13.5. The highest BCUT2D eigenvalue weighted by molar-refractivity contribution is 7.23. The van der Waals surface area contributed by atoms with Crippen molar-refractivity contribution in [3.8, 4) is 17.2 Å². The van der Waals surface area contributed by atoms with Crippen LogP contribution in [-0.2, 0) is 11.3 Å². The second-order valence-electron chi connectivity index (χ2n) is 11.6. The van der Waals surface area contributed by atoms with Crippen LogP contribution in [0, 0.1) is 23.0 Å². The highest BCUT2D eigenvalue weighted by Crippen LogP contribution is 2.45. The zero-order valence-corrected chi connectivity index (χ0v) is 24.0. The van der Waals surface area contributed by atoms with Gasteiger partial charge in [-0.3, -0.25) is 10.1 Å². The molecular weight excluding hydrogens is 548 g/mol. The molecule has 2 aliphatic rings. The van der Waals surface area contributed by atoms with Gasteiger partial charge in [-0.1, -0.05) is 6.07 Å². The molecule has 0 radical (unpaired) electrons. The van der Waals surface area contributed by atoms with Crippen LogP contribution in [0.4, 0.5) is 18.6 Å². The van der Waals surface area contributed by atoms with Gasteiger partial charge in [0.25, 0.3) is 5.91 Å². The number of nitrogens with zero attached hydrogens (tertiary/aromatic N) is 4. The Hall–Kier alpha value is -4.01. The van der Waals surface area contributed by atoms with Crippen LogP contribution in [0.1, 0.15) is 43.1 Å². The molecule has 6 rings (SSSR count). The lowest BCUT2D eigenvalue weighted by molar-refractivity contribution is 0.0470. The summed E-state index contributed by atoms with van der Waals surface area (Å²) in [7, 11) is 2.03. The molecule has 41 heavy (non-hydrogen) atoms. The molecule has 212 valence electrons. The number of fused-ring (bicyclic) bond motifs is 2. The number of nitrogens with one attached hydrogen (secondary N) is 1. The van der Waals surface area contributed by atoms with Gasteiger partial charge in [0.15, 0.2) is 0 Å². The number of amides is 2. The van der Waals surface area contributed by atoms with Crippen LogP contribution in [0.25, 0.3) is 32.1 Å². The molecule has 1 fully saturated rings. The number of hydrogen-bond acceptors (Lipinski definition) is 6. The number of aryl methyl sites for hydroxylation is 1. The molecule has 0 aliphatic carbocycles. The van der Waals surface area contributed by atoms with E-state index < -0.39 is 23.3 Å². The molecule has 8 nitrogen and oxygen atoms in total. The van der Waals surface area contributed by atoms with Crippen molar-refractivity contribution in [3.63, 3.8) is 0 Å². The fourth-order valence-corrected chi connectivity index (χ4v) is 7.00. The standard InChI is InChI=1S/C30H29F2N5O3S/c1-30(2,3)40-29(39)34-27-20(14-33)24-17(5-6-21(31)26(24)41-27)23-18-8-10-36-9-7-16-15-35(4)11-12-37(16)28(38)19(25(18)36)13-22(23)32/h5-6,8,10,13,16H,7,9,11-12,15H2,1-4H3,(H,34,39)/t16-/m0/s1. The van der Waals surface area contributed by atoms with E-state index in [1.54, 1.807) is 26.8 Å². The first kappa shape index (κ1) is 27.2. The summed E-state index contributed by atoms with van der Waals surface area (Å²) in [5.74, 6) is -1.45. The topological polar surface area (TPSA) is 90.6 Å². The van der Waals surface area contributed by atoms with Crippen molar-refractivity contribution in [1.82, 2.24) is 14.4 Å². The molecule has 4 heterocycles. The van der Waals surface area contributed by atoms with Crippen LogP contribution >= 0.6 is 11.3 Å². The minimum Gasteiger partial charge on any atom is -0.444 e. The molecule has 1 N–H and O–H groups in total. The van der Waals surface area contributed by atoms with Gasteiger partial charge in [-0.05, 0) is 58.0 Å². The number of aromatic nitrogens is 1. The lowest BCUT2D eigenvalue weighted by Gasteiger charge is -2.41. The summed E-state index contributed by atoms with van der Waals surface area (Å²) in [4.78, 5) is 30.3. The number of hydrogen-bond donors (Lipinski definition) is 1. The average Bonchev–Trinajstić information content (AvgIpc) is 3.47. The van der Waals surface area contributed by atoms with Crippen molar-refractivity contribution in [1.29, 1.82) is 5.26 Å². The van der Waals surface area contributed by atoms with Gasteiger partial charge in [-0.2, -0.15) is 5.26 Å². The number of nitriles is 1. The molecule has 0 spiro atoms. The predicted octanol–water partition coefficient (Wildman–Crippen LogP) is 6.18. The van der Waals surface area contributed by atoms with Crippen molar-refractivity contribution in [2.24, 2.45) is 0 Å². The number of carbonyl (C=O) groups excluding carboxylic acids is 2. The van der Waals surface area contributed by atoms with Crippen LogP contribution in [0.15, 0.2) is 30.5 Å². The van der Waals surface area contributed by atoms with Gasteiger partial charge in [0.05, 0.1) is 21.3 Å². The van der Waals surface area contributed by atoms with Crippen LogP contribution < -0.4 is 5.32 Å². The summed E-state index contributed by atoms with van der Waals surface area (Å²) in [5.41, 5.74) is 0.615. The van der Waals surface area contributed by atoms with Crippen LogP contribution in [-0.4, -0.2) is 64.7 Å². The summed E-state index contributed by atoms with van der Waals surface area (Å²) in [6.07, 6.45) is 1.82. The summed E-state index contributed by atoms with van der Waals surface area (Å²) in [6.45, 7) is 7.84. The number of carbonyl (C=O) groups is 2. The number of piperazine rings is 1. The Bertz CT molecular complexity index is 1780. The molecular formula is C30H29F2N5O3S. The van der Waals surface area contributed by atoms with Gasteiger partial charge in [0.1, 0.15) is 28.3 Å². The van der Waals surface area contributed by atoms with E-state index in [2.05, 4.69) is 16.3 Å². The van der Waals surface area contributed by atoms with Crippen molar-refractivity contribution < 1.29 is 23.1 Å². The van der Waals surface area contributed by atoms with Crippen molar-refractivity contribution in [2.45, 2.75) is 45.4 Å². The van der Waals surface area contributed by atoms with Gasteiger partial charge >= 0.3 is 6.09 Å². The Balaban J connectivity index is 1.53. The van der Waals surface area contributed by atoms with E-state index in [0.717, 1.165) is 30.8 Å². The molecule has 2 aliphatic heterocycles. The first-order chi connectivity index (χ1) is 19.5. The Morgan fingerprint density at radius 2 is 1.93 bits per heavy atom. The molecule has 1 atom stereocenters. The molecule has 1 saturated heterocycles. The van der Waals surface area contributed by atoms with Gasteiger partial charge in [-0.15, -0.1) is 11.3 Å². The number of thiophene rings is 1. The number of halogens is 2. The highest BCUT2D eigenvalue weighted by atomic mass is 32.1. The van der Waals surface area contributed by atoms with Gasteiger partial charge in [-0.25, -0.2) is 13.6 Å². The smallest absolute Gasteiger partial charge is 0.412 e. The highest BCUT2D eigenvalue weighted by Gasteiger charge is 2.34. The third kappa shape index (κ3) is 4.61. The molecule has 2 amide bonds. The molecule has 0 saturated carbocycles. The first-order valence-corrected chi connectivity index (χ1v) is 14.2. The van der Waals surface area contributed by atoms with E-state index >= 15 is 8.78 Å². The monoisotopic (exact) mass is 577 g/mol. The predicted molar refractivity (Wildman–Crippen MR) is 154 cm³/mol. The summed E-state index contributed by atoms with van der Waals surface area (Å²) < 4.78 is 38.7. The lowest BCUT2D eigenvalue weighted by Crippen LogP contribution is -2.54. The molecule has 2 aromatic heterocycles. The van der Waals surface area contributed by atoms with Crippen LogP contribution in [0.5, 0.6) is 0 Å². The number of anilines is 1. The summed E-state index contributed by atoms with van der Waals surface area (Å²) >= 11 is 0.891. The van der Waals surface area contributed by atoms with Crippen molar-refractivity contribution >= 4 is 49.3 Å². The van der Waals surface area contributed by atoms with E-state index in [1.165, 1.54) is 18.2 Å². The maximum atomic E-state index is 16.2. The second kappa shape index (κ2) is 9.82. The molecule has 11 heteroatoms. The van der Waals surface area contributed by atoms with Crippen LogP contribution in [0.3, 0.4) is 0 Å².